The zero-order valence-electron chi connectivity index (χ0n) is 8.75. The van der Waals surface area contributed by atoms with E-state index >= 15 is 0 Å². The van der Waals surface area contributed by atoms with E-state index in [1.807, 2.05) is 0 Å². The van der Waals surface area contributed by atoms with Crippen molar-refractivity contribution in [3.8, 4) is 0 Å². The van der Waals surface area contributed by atoms with Gasteiger partial charge in [0.05, 0.1) is 17.9 Å². The zero-order chi connectivity index (χ0) is 13.5. The van der Waals surface area contributed by atoms with Crippen LogP contribution in [0.5, 0.6) is 0 Å². The fourth-order valence-electron chi connectivity index (χ4n) is 1.70. The highest BCUT2D eigenvalue weighted by atomic mass is 19.4. The number of halogens is 4. The van der Waals surface area contributed by atoms with Crippen LogP contribution in [0.4, 0.5) is 17.6 Å². The number of carbonyl (C=O) groups excluding carboxylic acids is 2. The Morgan fingerprint density at radius 3 is 2.39 bits per heavy atom. The zero-order valence-corrected chi connectivity index (χ0v) is 8.75. The number of rotatable bonds is 1. The Labute approximate surface area is 98.3 Å². The van der Waals surface area contributed by atoms with Crippen LogP contribution >= 0.6 is 0 Å². The molecule has 7 heteroatoms. The van der Waals surface area contributed by atoms with Gasteiger partial charge in [-0.05, 0) is 18.2 Å². The van der Waals surface area contributed by atoms with Gasteiger partial charge in [-0.3, -0.25) is 9.59 Å². The van der Waals surface area contributed by atoms with Gasteiger partial charge in [-0.1, -0.05) is 0 Å². The molecule has 1 aromatic carbocycles. The topological polar surface area (TPSA) is 43.4 Å². The van der Waals surface area contributed by atoms with Crippen molar-refractivity contribution in [2.24, 2.45) is 0 Å². The summed E-state index contributed by atoms with van der Waals surface area (Å²) in [6.45, 7) is 0. The van der Waals surface area contributed by atoms with Gasteiger partial charge in [-0.2, -0.15) is 13.2 Å². The molecule has 0 aromatic heterocycles. The van der Waals surface area contributed by atoms with E-state index in [0.717, 1.165) is 0 Å². The van der Waals surface area contributed by atoms with E-state index in [0.29, 0.717) is 18.2 Å². The van der Waals surface area contributed by atoms with E-state index in [9.17, 15) is 27.2 Å². The third-order valence-corrected chi connectivity index (χ3v) is 2.57. The SMILES string of the molecule is O=C1CC(c2cc(C(F)(F)F)ccc2F)C(=O)O1. The third kappa shape index (κ3) is 2.20. The highest BCUT2D eigenvalue weighted by Gasteiger charge is 2.38. The second kappa shape index (κ2) is 4.08. The van der Waals surface area contributed by atoms with Gasteiger partial charge in [0.15, 0.2) is 0 Å². The molecule has 0 spiro atoms. The minimum absolute atomic E-state index is 0.447. The summed E-state index contributed by atoms with van der Waals surface area (Å²) in [6.07, 6.45) is -5.09. The van der Waals surface area contributed by atoms with E-state index in [-0.39, 0.29) is 0 Å². The maximum atomic E-state index is 13.4. The van der Waals surface area contributed by atoms with Crippen LogP contribution in [0.25, 0.3) is 0 Å². The average Bonchev–Trinajstić information content (AvgIpc) is 2.56. The molecular formula is C11H6F4O3. The summed E-state index contributed by atoms with van der Waals surface area (Å²) < 4.78 is 55.0. The number of hydrogen-bond acceptors (Lipinski definition) is 3. The van der Waals surface area contributed by atoms with Crippen molar-refractivity contribution in [1.82, 2.24) is 0 Å². The van der Waals surface area contributed by atoms with Gasteiger partial charge in [0.25, 0.3) is 0 Å². The number of hydrogen-bond donors (Lipinski definition) is 0. The number of ether oxygens (including phenoxy) is 1. The summed E-state index contributed by atoms with van der Waals surface area (Å²) in [5, 5.41) is 0. The smallest absolute Gasteiger partial charge is 0.393 e. The number of alkyl halides is 3. The summed E-state index contributed by atoms with van der Waals surface area (Å²) >= 11 is 0. The Balaban J connectivity index is 2.44. The predicted molar refractivity (Wildman–Crippen MR) is 49.9 cm³/mol. The number of carbonyl (C=O) groups is 2. The minimum Gasteiger partial charge on any atom is -0.393 e. The Morgan fingerprint density at radius 2 is 1.89 bits per heavy atom. The Bertz CT molecular complexity index is 522. The van der Waals surface area contributed by atoms with E-state index in [1.54, 1.807) is 0 Å². The van der Waals surface area contributed by atoms with Gasteiger partial charge in [0.1, 0.15) is 5.82 Å². The lowest BCUT2D eigenvalue weighted by Crippen LogP contribution is -2.11. The van der Waals surface area contributed by atoms with Gasteiger partial charge in [0, 0.05) is 5.56 Å². The number of cyclic esters (lactones) is 2. The Kier molecular flexibility index (Phi) is 2.84. The lowest BCUT2D eigenvalue weighted by Gasteiger charge is -2.11. The molecule has 1 aliphatic rings. The molecule has 0 N–H and O–H groups in total. The molecule has 0 bridgehead atoms. The number of esters is 2. The fraction of sp³-hybridized carbons (Fsp3) is 0.273. The van der Waals surface area contributed by atoms with Crippen molar-refractivity contribution in [1.29, 1.82) is 0 Å². The summed E-state index contributed by atoms with van der Waals surface area (Å²) in [5.74, 6) is -4.18. The first-order valence-corrected chi connectivity index (χ1v) is 4.90. The molecule has 1 heterocycles. The van der Waals surface area contributed by atoms with Gasteiger partial charge in [0.2, 0.25) is 0 Å². The molecule has 1 fully saturated rings. The van der Waals surface area contributed by atoms with Crippen molar-refractivity contribution in [3.63, 3.8) is 0 Å². The van der Waals surface area contributed by atoms with Crippen molar-refractivity contribution in [2.45, 2.75) is 18.5 Å². The van der Waals surface area contributed by atoms with Crippen molar-refractivity contribution >= 4 is 11.9 Å². The maximum Gasteiger partial charge on any atom is 0.416 e. The molecule has 1 atom stereocenters. The van der Waals surface area contributed by atoms with Crippen LogP contribution in [-0.2, 0) is 20.5 Å². The summed E-state index contributed by atoms with van der Waals surface area (Å²) in [4.78, 5) is 22.0. The molecule has 3 nitrogen and oxygen atoms in total. The van der Waals surface area contributed by atoms with E-state index in [2.05, 4.69) is 4.74 Å². The molecule has 1 aromatic rings. The van der Waals surface area contributed by atoms with Gasteiger partial charge < -0.3 is 4.74 Å². The second-order valence-electron chi connectivity index (χ2n) is 3.78. The largest absolute Gasteiger partial charge is 0.416 e. The minimum atomic E-state index is -4.64. The Morgan fingerprint density at radius 1 is 1.22 bits per heavy atom. The van der Waals surface area contributed by atoms with Crippen molar-refractivity contribution in [2.75, 3.05) is 0 Å². The number of benzene rings is 1. The predicted octanol–water partition coefficient (Wildman–Crippen LogP) is 2.40. The van der Waals surface area contributed by atoms with Crippen molar-refractivity contribution < 1.29 is 31.9 Å². The van der Waals surface area contributed by atoms with Gasteiger partial charge in [-0.25, -0.2) is 4.39 Å². The monoisotopic (exact) mass is 262 g/mol. The standard InChI is InChI=1S/C11H6F4O3/c12-8-2-1-5(11(13,14)15)3-6(8)7-4-9(16)18-10(7)17/h1-3,7H,4H2. The summed E-state index contributed by atoms with van der Waals surface area (Å²) in [6, 6.07) is 1.72. The van der Waals surface area contributed by atoms with Crippen LogP contribution in [0.15, 0.2) is 18.2 Å². The molecule has 2 rings (SSSR count). The summed E-state index contributed by atoms with van der Waals surface area (Å²) in [5.41, 5.74) is -1.55. The van der Waals surface area contributed by atoms with Crippen LogP contribution in [0.3, 0.4) is 0 Å². The average molecular weight is 262 g/mol. The molecule has 0 amide bonds. The van der Waals surface area contributed by atoms with Gasteiger partial charge >= 0.3 is 18.1 Å². The third-order valence-electron chi connectivity index (χ3n) is 2.57. The quantitative estimate of drug-likeness (QED) is 0.443. The van der Waals surface area contributed by atoms with E-state index < -0.39 is 47.4 Å². The van der Waals surface area contributed by atoms with Crippen LogP contribution in [0.1, 0.15) is 23.5 Å². The molecule has 0 radical (unpaired) electrons. The highest BCUT2D eigenvalue weighted by Crippen LogP contribution is 2.35. The maximum absolute atomic E-state index is 13.4. The normalized spacial score (nSPS) is 20.1. The van der Waals surface area contributed by atoms with Gasteiger partial charge in [-0.15, -0.1) is 0 Å². The van der Waals surface area contributed by atoms with Crippen LogP contribution in [0.2, 0.25) is 0 Å². The summed E-state index contributed by atoms with van der Waals surface area (Å²) in [7, 11) is 0. The molecule has 96 valence electrons. The lowest BCUT2D eigenvalue weighted by atomic mass is 9.95. The molecule has 1 aliphatic heterocycles. The van der Waals surface area contributed by atoms with Crippen LogP contribution in [0, 0.1) is 5.82 Å². The van der Waals surface area contributed by atoms with Crippen molar-refractivity contribution in [3.05, 3.63) is 35.1 Å². The molecule has 0 aliphatic carbocycles. The first-order valence-electron chi connectivity index (χ1n) is 4.90. The van der Waals surface area contributed by atoms with Crippen LogP contribution < -0.4 is 0 Å². The molecular weight excluding hydrogens is 256 g/mol. The molecule has 0 saturated carbocycles. The first kappa shape index (κ1) is 12.5. The lowest BCUT2D eigenvalue weighted by molar-refractivity contribution is -0.152. The van der Waals surface area contributed by atoms with Crippen LogP contribution in [-0.4, -0.2) is 11.9 Å². The fourth-order valence-corrected chi connectivity index (χ4v) is 1.70. The van der Waals surface area contributed by atoms with E-state index in [1.165, 1.54) is 0 Å². The second-order valence-corrected chi connectivity index (χ2v) is 3.78. The molecule has 18 heavy (non-hydrogen) atoms. The highest BCUT2D eigenvalue weighted by molar-refractivity contribution is 5.97. The molecule has 1 unspecified atom stereocenters. The first-order chi connectivity index (χ1) is 8.29. The Hall–Kier alpha value is -1.92. The molecule has 1 saturated heterocycles. The van der Waals surface area contributed by atoms with E-state index in [4.69, 9.17) is 0 Å².